The van der Waals surface area contributed by atoms with Crippen LogP contribution < -0.4 is 15.0 Å². The number of benzene rings is 1. The number of amides is 2. The van der Waals surface area contributed by atoms with E-state index in [4.69, 9.17) is 4.74 Å². The van der Waals surface area contributed by atoms with Gasteiger partial charge in [-0.05, 0) is 25.5 Å². The lowest BCUT2D eigenvalue weighted by atomic mass is 10.1. The molecule has 0 saturated carbocycles. The molecule has 0 unspecified atom stereocenters. The highest BCUT2D eigenvalue weighted by Crippen LogP contribution is 2.34. The number of halogens is 3. The van der Waals surface area contributed by atoms with Gasteiger partial charge in [-0.25, -0.2) is 9.78 Å². The number of nitrogens with zero attached hydrogens (tertiary/aromatic N) is 4. The molecule has 1 aliphatic rings. The Morgan fingerprint density at radius 3 is 2.53 bits per heavy atom. The third kappa shape index (κ3) is 5.31. The second-order valence-corrected chi connectivity index (χ2v) is 6.91. The summed E-state index contributed by atoms with van der Waals surface area (Å²) >= 11 is 0. The first-order valence-electron chi connectivity index (χ1n) is 9.73. The number of anilines is 2. The molecule has 0 bridgehead atoms. The summed E-state index contributed by atoms with van der Waals surface area (Å²) in [5.41, 5.74) is -1.12. The number of aryl methyl sites for hydroxylation is 1. The maximum atomic E-state index is 13.1. The molecular formula is C20H24F3N5O2. The van der Waals surface area contributed by atoms with Gasteiger partial charge in [-0.1, -0.05) is 19.1 Å². The van der Waals surface area contributed by atoms with Gasteiger partial charge in [0.25, 0.3) is 0 Å². The Bertz CT molecular complexity index is 883. The SMILES string of the molecule is CCCOc1cc(N2CCN(C(=O)Nc3ccccc3C(F)(F)F)CC2)nc(C)n1. The number of para-hydroxylation sites is 1. The largest absolute Gasteiger partial charge is 0.478 e. The molecule has 1 fully saturated rings. The van der Waals surface area contributed by atoms with E-state index in [1.165, 1.54) is 23.1 Å². The molecule has 1 saturated heterocycles. The quantitative estimate of drug-likeness (QED) is 0.789. The van der Waals surface area contributed by atoms with Gasteiger partial charge >= 0.3 is 12.2 Å². The van der Waals surface area contributed by atoms with E-state index in [1.54, 1.807) is 13.0 Å². The number of alkyl halides is 3. The predicted octanol–water partition coefficient (Wildman–Crippen LogP) is 3.95. The van der Waals surface area contributed by atoms with Gasteiger partial charge in [0.2, 0.25) is 5.88 Å². The molecular weight excluding hydrogens is 399 g/mol. The second kappa shape index (κ2) is 9.19. The van der Waals surface area contributed by atoms with E-state index >= 15 is 0 Å². The smallest absolute Gasteiger partial charge is 0.418 e. The van der Waals surface area contributed by atoms with Crippen LogP contribution in [0.15, 0.2) is 30.3 Å². The summed E-state index contributed by atoms with van der Waals surface area (Å²) in [5, 5.41) is 2.39. The summed E-state index contributed by atoms with van der Waals surface area (Å²) in [4.78, 5) is 24.7. The Hall–Kier alpha value is -3.04. The lowest BCUT2D eigenvalue weighted by molar-refractivity contribution is -0.136. The summed E-state index contributed by atoms with van der Waals surface area (Å²) in [6, 6.07) is 6.15. The highest BCUT2D eigenvalue weighted by Gasteiger charge is 2.34. The van der Waals surface area contributed by atoms with Crippen LogP contribution >= 0.6 is 0 Å². The van der Waals surface area contributed by atoms with Gasteiger partial charge in [0, 0.05) is 32.2 Å². The minimum atomic E-state index is -4.54. The molecule has 10 heteroatoms. The highest BCUT2D eigenvalue weighted by molar-refractivity contribution is 5.90. The molecule has 1 N–H and O–H groups in total. The van der Waals surface area contributed by atoms with Crippen LogP contribution in [0, 0.1) is 6.92 Å². The summed E-state index contributed by atoms with van der Waals surface area (Å²) in [6.45, 7) is 6.05. The minimum Gasteiger partial charge on any atom is -0.478 e. The van der Waals surface area contributed by atoms with Crippen LogP contribution in [0.3, 0.4) is 0 Å². The zero-order valence-electron chi connectivity index (χ0n) is 16.9. The summed E-state index contributed by atoms with van der Waals surface area (Å²) < 4.78 is 45.0. The molecule has 2 heterocycles. The van der Waals surface area contributed by atoms with Crippen molar-refractivity contribution in [1.82, 2.24) is 14.9 Å². The van der Waals surface area contributed by atoms with Crippen molar-refractivity contribution < 1.29 is 22.7 Å². The number of carbonyl (C=O) groups excluding carboxylic acids is 1. The third-order valence-corrected chi connectivity index (χ3v) is 4.62. The second-order valence-electron chi connectivity index (χ2n) is 6.91. The van der Waals surface area contributed by atoms with Crippen molar-refractivity contribution >= 4 is 17.5 Å². The van der Waals surface area contributed by atoms with Crippen LogP contribution in [-0.2, 0) is 6.18 Å². The van der Waals surface area contributed by atoms with Gasteiger partial charge in [-0.3, -0.25) is 0 Å². The average molecular weight is 423 g/mol. The van der Waals surface area contributed by atoms with Crippen molar-refractivity contribution in [3.63, 3.8) is 0 Å². The number of hydrogen-bond acceptors (Lipinski definition) is 5. The summed E-state index contributed by atoms with van der Waals surface area (Å²) in [5.74, 6) is 1.79. The molecule has 162 valence electrons. The summed E-state index contributed by atoms with van der Waals surface area (Å²) in [6.07, 6.45) is -3.67. The van der Waals surface area contributed by atoms with E-state index in [-0.39, 0.29) is 5.69 Å². The van der Waals surface area contributed by atoms with Gasteiger partial charge in [-0.15, -0.1) is 0 Å². The van der Waals surface area contributed by atoms with Crippen molar-refractivity contribution in [3.05, 3.63) is 41.7 Å². The zero-order valence-corrected chi connectivity index (χ0v) is 16.9. The molecule has 2 aromatic rings. The molecule has 1 aromatic heterocycles. The standard InChI is InChI=1S/C20H24F3N5O2/c1-3-12-30-18-13-17(24-14(2)25-18)27-8-10-28(11-9-27)19(29)26-16-7-5-4-6-15(16)20(21,22)23/h4-7,13H,3,8-12H2,1-2H3,(H,26,29). The average Bonchev–Trinajstić information content (AvgIpc) is 2.71. The zero-order chi connectivity index (χ0) is 21.7. The molecule has 0 atom stereocenters. The fraction of sp³-hybridized carbons (Fsp3) is 0.450. The lowest BCUT2D eigenvalue weighted by Crippen LogP contribution is -2.50. The Kier molecular flexibility index (Phi) is 6.63. The summed E-state index contributed by atoms with van der Waals surface area (Å²) in [7, 11) is 0. The normalized spacial score (nSPS) is 14.6. The van der Waals surface area contributed by atoms with Crippen LogP contribution in [-0.4, -0.2) is 53.7 Å². The van der Waals surface area contributed by atoms with Crippen LogP contribution in [0.25, 0.3) is 0 Å². The number of aromatic nitrogens is 2. The van der Waals surface area contributed by atoms with E-state index in [2.05, 4.69) is 15.3 Å². The fourth-order valence-electron chi connectivity index (χ4n) is 3.14. The molecule has 0 aliphatic carbocycles. The monoisotopic (exact) mass is 423 g/mol. The number of piperazine rings is 1. The van der Waals surface area contributed by atoms with Crippen molar-refractivity contribution in [1.29, 1.82) is 0 Å². The van der Waals surface area contributed by atoms with Gasteiger partial charge in [0.05, 0.1) is 17.9 Å². The van der Waals surface area contributed by atoms with Crippen molar-refractivity contribution in [2.75, 3.05) is 43.0 Å². The van der Waals surface area contributed by atoms with Crippen LogP contribution in [0.1, 0.15) is 24.7 Å². The van der Waals surface area contributed by atoms with Gasteiger partial charge in [0.1, 0.15) is 11.6 Å². The molecule has 7 nitrogen and oxygen atoms in total. The third-order valence-electron chi connectivity index (χ3n) is 4.62. The van der Waals surface area contributed by atoms with E-state index < -0.39 is 17.8 Å². The molecule has 0 spiro atoms. The van der Waals surface area contributed by atoms with E-state index in [1.807, 2.05) is 11.8 Å². The molecule has 1 aliphatic heterocycles. The minimum absolute atomic E-state index is 0.249. The maximum Gasteiger partial charge on any atom is 0.418 e. The number of urea groups is 1. The lowest BCUT2D eigenvalue weighted by Gasteiger charge is -2.35. The van der Waals surface area contributed by atoms with E-state index in [0.29, 0.717) is 50.3 Å². The van der Waals surface area contributed by atoms with Gasteiger partial charge in [0.15, 0.2) is 0 Å². The first kappa shape index (κ1) is 21.7. The molecule has 2 amide bonds. The van der Waals surface area contributed by atoms with Crippen molar-refractivity contribution in [3.8, 4) is 5.88 Å². The fourth-order valence-corrected chi connectivity index (χ4v) is 3.14. The maximum absolute atomic E-state index is 13.1. The Labute approximate surface area is 172 Å². The first-order valence-corrected chi connectivity index (χ1v) is 9.73. The van der Waals surface area contributed by atoms with Gasteiger partial charge in [-0.2, -0.15) is 18.2 Å². The number of carbonyl (C=O) groups is 1. The predicted molar refractivity (Wildman–Crippen MR) is 107 cm³/mol. The molecule has 3 rings (SSSR count). The number of hydrogen-bond donors (Lipinski definition) is 1. The number of ether oxygens (including phenoxy) is 1. The van der Waals surface area contributed by atoms with Crippen molar-refractivity contribution in [2.45, 2.75) is 26.4 Å². The molecule has 1 aromatic carbocycles. The van der Waals surface area contributed by atoms with Crippen LogP contribution in [0.4, 0.5) is 29.5 Å². The first-order chi connectivity index (χ1) is 14.3. The Morgan fingerprint density at radius 2 is 1.87 bits per heavy atom. The van der Waals surface area contributed by atoms with Crippen LogP contribution in [0.2, 0.25) is 0 Å². The van der Waals surface area contributed by atoms with E-state index in [0.717, 1.165) is 12.5 Å². The van der Waals surface area contributed by atoms with E-state index in [9.17, 15) is 18.0 Å². The Morgan fingerprint density at radius 1 is 1.17 bits per heavy atom. The Balaban J connectivity index is 1.62. The highest BCUT2D eigenvalue weighted by atomic mass is 19.4. The number of rotatable bonds is 5. The van der Waals surface area contributed by atoms with Gasteiger partial charge < -0.3 is 19.9 Å². The molecule has 30 heavy (non-hydrogen) atoms. The topological polar surface area (TPSA) is 70.6 Å². The molecule has 0 radical (unpaired) electrons. The van der Waals surface area contributed by atoms with Crippen molar-refractivity contribution in [2.24, 2.45) is 0 Å². The number of nitrogens with one attached hydrogen (secondary N) is 1. The van der Waals surface area contributed by atoms with Crippen LogP contribution in [0.5, 0.6) is 5.88 Å².